The van der Waals surface area contributed by atoms with Gasteiger partial charge < -0.3 is 5.73 Å². The monoisotopic (exact) mass is 244 g/mol. The summed E-state index contributed by atoms with van der Waals surface area (Å²) < 4.78 is 1.80. The smallest absolute Gasteiger partial charge is 0.181 e. The standard InChI is InChI=1S/C14H20N4/c1-10(2)11-4-6-12(7-5-11)14-16-13(8-9-15)18(3)17-14/h4-7,10H,8-9,15H2,1-3H3. The predicted octanol–water partition coefficient (Wildman–Crippen LogP) is 2.11. The van der Waals surface area contributed by atoms with Crippen molar-refractivity contribution in [1.29, 1.82) is 0 Å². The normalized spacial score (nSPS) is 11.2. The number of nitrogens with two attached hydrogens (primary N) is 1. The minimum Gasteiger partial charge on any atom is -0.330 e. The Kier molecular flexibility index (Phi) is 3.77. The van der Waals surface area contributed by atoms with Crippen molar-refractivity contribution in [2.45, 2.75) is 26.2 Å². The molecule has 4 nitrogen and oxygen atoms in total. The molecule has 0 spiro atoms. The van der Waals surface area contributed by atoms with Crippen LogP contribution in [0.3, 0.4) is 0 Å². The molecule has 0 amide bonds. The Hall–Kier alpha value is -1.68. The highest BCUT2D eigenvalue weighted by Crippen LogP contribution is 2.20. The molecular formula is C14H20N4. The second kappa shape index (κ2) is 5.31. The van der Waals surface area contributed by atoms with Crippen molar-refractivity contribution in [1.82, 2.24) is 14.8 Å². The van der Waals surface area contributed by atoms with Gasteiger partial charge in [-0.2, -0.15) is 5.10 Å². The van der Waals surface area contributed by atoms with Gasteiger partial charge in [-0.1, -0.05) is 38.1 Å². The van der Waals surface area contributed by atoms with Gasteiger partial charge in [0.2, 0.25) is 0 Å². The van der Waals surface area contributed by atoms with E-state index in [-0.39, 0.29) is 0 Å². The number of rotatable bonds is 4. The zero-order chi connectivity index (χ0) is 13.1. The SMILES string of the molecule is CC(C)c1ccc(-c2nc(CCN)n(C)n2)cc1. The molecule has 1 aromatic carbocycles. The van der Waals surface area contributed by atoms with Gasteiger partial charge in [0, 0.05) is 19.0 Å². The summed E-state index contributed by atoms with van der Waals surface area (Å²) in [5, 5.41) is 4.42. The van der Waals surface area contributed by atoms with Crippen LogP contribution in [-0.2, 0) is 13.5 Å². The van der Waals surface area contributed by atoms with E-state index < -0.39 is 0 Å². The summed E-state index contributed by atoms with van der Waals surface area (Å²) in [4.78, 5) is 4.52. The first kappa shape index (κ1) is 12.8. The summed E-state index contributed by atoms with van der Waals surface area (Å²) >= 11 is 0. The molecule has 0 saturated carbocycles. The molecular weight excluding hydrogens is 224 g/mol. The molecule has 0 aliphatic carbocycles. The summed E-state index contributed by atoms with van der Waals surface area (Å²) in [6.45, 7) is 4.97. The molecule has 0 atom stereocenters. The van der Waals surface area contributed by atoms with Crippen LogP contribution >= 0.6 is 0 Å². The molecule has 4 heteroatoms. The van der Waals surface area contributed by atoms with Gasteiger partial charge in [-0.3, -0.25) is 4.68 Å². The van der Waals surface area contributed by atoms with Gasteiger partial charge in [0.15, 0.2) is 5.82 Å². The molecule has 0 radical (unpaired) electrons. The van der Waals surface area contributed by atoms with Crippen molar-refractivity contribution < 1.29 is 0 Å². The van der Waals surface area contributed by atoms with E-state index in [0.29, 0.717) is 12.5 Å². The van der Waals surface area contributed by atoms with E-state index in [2.05, 4.69) is 48.2 Å². The van der Waals surface area contributed by atoms with E-state index >= 15 is 0 Å². The van der Waals surface area contributed by atoms with E-state index in [1.807, 2.05) is 7.05 Å². The van der Waals surface area contributed by atoms with E-state index in [1.165, 1.54) is 5.56 Å². The Morgan fingerprint density at radius 1 is 1.22 bits per heavy atom. The lowest BCUT2D eigenvalue weighted by atomic mass is 10.0. The molecule has 2 aromatic rings. The molecule has 2 rings (SSSR count). The maximum absolute atomic E-state index is 5.55. The van der Waals surface area contributed by atoms with Gasteiger partial charge >= 0.3 is 0 Å². The van der Waals surface area contributed by atoms with Gasteiger partial charge in [-0.15, -0.1) is 0 Å². The van der Waals surface area contributed by atoms with Crippen molar-refractivity contribution in [3.05, 3.63) is 35.7 Å². The second-order valence-electron chi connectivity index (χ2n) is 4.79. The number of aryl methyl sites for hydroxylation is 1. The minimum absolute atomic E-state index is 0.545. The summed E-state index contributed by atoms with van der Waals surface area (Å²) in [7, 11) is 1.91. The predicted molar refractivity (Wildman–Crippen MR) is 73.3 cm³/mol. The van der Waals surface area contributed by atoms with Crippen LogP contribution in [0.1, 0.15) is 31.2 Å². The van der Waals surface area contributed by atoms with Crippen LogP contribution in [0.25, 0.3) is 11.4 Å². The molecule has 0 aliphatic heterocycles. The van der Waals surface area contributed by atoms with E-state index in [1.54, 1.807) is 4.68 Å². The minimum atomic E-state index is 0.545. The van der Waals surface area contributed by atoms with E-state index in [4.69, 9.17) is 5.73 Å². The van der Waals surface area contributed by atoms with Crippen molar-refractivity contribution in [3.63, 3.8) is 0 Å². The molecule has 1 heterocycles. The Morgan fingerprint density at radius 2 is 1.89 bits per heavy atom. The number of hydrogen-bond acceptors (Lipinski definition) is 3. The third-order valence-electron chi connectivity index (χ3n) is 3.06. The van der Waals surface area contributed by atoms with Gasteiger partial charge in [-0.25, -0.2) is 4.98 Å². The lowest BCUT2D eigenvalue weighted by Gasteiger charge is -2.04. The first-order chi connectivity index (χ1) is 8.61. The molecule has 0 fully saturated rings. The van der Waals surface area contributed by atoms with Crippen molar-refractivity contribution in [2.75, 3.05) is 6.54 Å². The average molecular weight is 244 g/mol. The second-order valence-corrected chi connectivity index (χ2v) is 4.79. The fraction of sp³-hybridized carbons (Fsp3) is 0.429. The summed E-state index contributed by atoms with van der Waals surface area (Å²) in [6, 6.07) is 8.44. The Morgan fingerprint density at radius 3 is 2.44 bits per heavy atom. The number of nitrogens with zero attached hydrogens (tertiary/aromatic N) is 3. The summed E-state index contributed by atoms with van der Waals surface area (Å²) in [5.74, 6) is 2.25. The van der Waals surface area contributed by atoms with Crippen LogP contribution in [0.2, 0.25) is 0 Å². The van der Waals surface area contributed by atoms with Crippen molar-refractivity contribution in [2.24, 2.45) is 12.8 Å². The molecule has 18 heavy (non-hydrogen) atoms. The Balaban J connectivity index is 2.28. The number of aromatic nitrogens is 3. The first-order valence-corrected chi connectivity index (χ1v) is 6.32. The molecule has 0 saturated heterocycles. The van der Waals surface area contributed by atoms with Gasteiger partial charge in [-0.05, 0) is 18.0 Å². The van der Waals surface area contributed by atoms with Gasteiger partial charge in [0.25, 0.3) is 0 Å². The topological polar surface area (TPSA) is 56.7 Å². The van der Waals surface area contributed by atoms with Crippen LogP contribution in [-0.4, -0.2) is 21.3 Å². The Bertz CT molecular complexity index is 511. The largest absolute Gasteiger partial charge is 0.330 e. The zero-order valence-corrected chi connectivity index (χ0v) is 11.2. The third-order valence-corrected chi connectivity index (χ3v) is 3.06. The Labute approximate surface area is 108 Å². The maximum atomic E-state index is 5.55. The van der Waals surface area contributed by atoms with Crippen molar-refractivity contribution >= 4 is 0 Å². The summed E-state index contributed by atoms with van der Waals surface area (Å²) in [6.07, 6.45) is 0.758. The van der Waals surface area contributed by atoms with Crippen LogP contribution in [0.5, 0.6) is 0 Å². The fourth-order valence-corrected chi connectivity index (χ4v) is 1.90. The van der Waals surface area contributed by atoms with Crippen molar-refractivity contribution in [3.8, 4) is 11.4 Å². The molecule has 96 valence electrons. The maximum Gasteiger partial charge on any atom is 0.181 e. The number of hydrogen-bond donors (Lipinski definition) is 1. The van der Waals surface area contributed by atoms with E-state index in [9.17, 15) is 0 Å². The molecule has 2 N–H and O–H groups in total. The molecule has 1 aromatic heterocycles. The van der Waals surface area contributed by atoms with Gasteiger partial charge in [0.1, 0.15) is 5.82 Å². The van der Waals surface area contributed by atoms with Crippen LogP contribution in [0.15, 0.2) is 24.3 Å². The van der Waals surface area contributed by atoms with Crippen LogP contribution in [0.4, 0.5) is 0 Å². The number of benzene rings is 1. The van der Waals surface area contributed by atoms with E-state index in [0.717, 1.165) is 23.6 Å². The summed E-state index contributed by atoms with van der Waals surface area (Å²) in [5.41, 5.74) is 7.93. The quantitative estimate of drug-likeness (QED) is 0.896. The lowest BCUT2D eigenvalue weighted by Crippen LogP contribution is -2.08. The lowest BCUT2D eigenvalue weighted by molar-refractivity contribution is 0.697. The van der Waals surface area contributed by atoms with Crippen LogP contribution in [0, 0.1) is 0 Å². The highest BCUT2D eigenvalue weighted by Gasteiger charge is 2.08. The van der Waals surface area contributed by atoms with Gasteiger partial charge in [0.05, 0.1) is 0 Å². The highest BCUT2D eigenvalue weighted by molar-refractivity contribution is 5.55. The fourth-order valence-electron chi connectivity index (χ4n) is 1.90. The zero-order valence-electron chi connectivity index (χ0n) is 11.2. The molecule has 0 aliphatic rings. The highest BCUT2D eigenvalue weighted by atomic mass is 15.3. The third kappa shape index (κ3) is 2.59. The molecule has 0 unspecified atom stereocenters. The molecule has 0 bridgehead atoms. The average Bonchev–Trinajstić information content (AvgIpc) is 2.72. The van der Waals surface area contributed by atoms with Crippen LogP contribution < -0.4 is 5.73 Å². The first-order valence-electron chi connectivity index (χ1n) is 6.32.